The minimum atomic E-state index is -0.231. The molecule has 0 amide bonds. The number of H-pyrrole nitrogens is 1. The predicted molar refractivity (Wildman–Crippen MR) is 94.4 cm³/mol. The fourth-order valence-electron chi connectivity index (χ4n) is 3.66. The van der Waals surface area contributed by atoms with Crippen LogP contribution in [0, 0.1) is 6.92 Å². The molecule has 0 atom stereocenters. The number of aromatic nitrogens is 8. The van der Waals surface area contributed by atoms with Crippen molar-refractivity contribution < 1.29 is 0 Å². The molecule has 0 aliphatic heterocycles. The molecular weight excluding hydrogens is 332 g/mol. The molecule has 1 saturated carbocycles. The molecule has 1 N–H and O–H groups in total. The zero-order valence-electron chi connectivity index (χ0n) is 14.4. The van der Waals surface area contributed by atoms with Gasteiger partial charge in [0.2, 0.25) is 0 Å². The average molecular weight is 350 g/mol. The van der Waals surface area contributed by atoms with Crippen LogP contribution in [0.1, 0.15) is 49.7 Å². The maximum Gasteiger partial charge on any atom is 0.268 e. The summed E-state index contributed by atoms with van der Waals surface area (Å²) < 4.78 is 3.08. The normalized spacial score (nSPS) is 15.9. The lowest BCUT2D eigenvalue weighted by Gasteiger charge is -2.17. The van der Waals surface area contributed by atoms with Crippen LogP contribution < -0.4 is 5.56 Å². The van der Waals surface area contributed by atoms with Gasteiger partial charge in [-0.1, -0.05) is 19.3 Å². The van der Waals surface area contributed by atoms with Gasteiger partial charge < -0.3 is 0 Å². The van der Waals surface area contributed by atoms with E-state index in [9.17, 15) is 4.79 Å². The molecular formula is C17H18N8O. The average Bonchev–Trinajstić information content (AvgIpc) is 3.29. The van der Waals surface area contributed by atoms with E-state index in [0.717, 1.165) is 18.7 Å². The highest BCUT2D eigenvalue weighted by atomic mass is 16.1. The smallest absolute Gasteiger partial charge is 0.268 e. The monoisotopic (exact) mass is 350 g/mol. The molecule has 1 fully saturated rings. The van der Waals surface area contributed by atoms with E-state index in [1.54, 1.807) is 23.8 Å². The van der Waals surface area contributed by atoms with Crippen molar-refractivity contribution in [2.75, 3.05) is 0 Å². The van der Waals surface area contributed by atoms with Gasteiger partial charge in [-0.3, -0.25) is 9.89 Å². The molecule has 0 saturated heterocycles. The van der Waals surface area contributed by atoms with Crippen molar-refractivity contribution in [3.05, 3.63) is 40.5 Å². The molecule has 9 heteroatoms. The lowest BCUT2D eigenvalue weighted by molar-refractivity contribution is 0.429. The first-order chi connectivity index (χ1) is 12.7. The van der Waals surface area contributed by atoms with Crippen molar-refractivity contribution in [1.29, 1.82) is 0 Å². The zero-order chi connectivity index (χ0) is 17.7. The van der Waals surface area contributed by atoms with Crippen LogP contribution in [0.3, 0.4) is 0 Å². The Labute approximate surface area is 148 Å². The van der Waals surface area contributed by atoms with Crippen LogP contribution in [-0.4, -0.2) is 39.3 Å². The van der Waals surface area contributed by atoms with Gasteiger partial charge in [0.25, 0.3) is 17.3 Å². The summed E-state index contributed by atoms with van der Waals surface area (Å²) in [6.45, 7) is 1.79. The summed E-state index contributed by atoms with van der Waals surface area (Å²) in [4.78, 5) is 26.0. The quantitative estimate of drug-likeness (QED) is 0.592. The topological polar surface area (TPSA) is 107 Å². The Morgan fingerprint density at radius 3 is 2.81 bits per heavy atom. The highest BCUT2D eigenvalue weighted by molar-refractivity contribution is 5.78. The van der Waals surface area contributed by atoms with Crippen molar-refractivity contribution in [2.24, 2.45) is 0 Å². The van der Waals surface area contributed by atoms with Gasteiger partial charge in [0, 0.05) is 18.3 Å². The molecule has 9 nitrogen and oxygen atoms in total. The lowest BCUT2D eigenvalue weighted by atomic mass is 9.89. The number of hydrogen-bond donors (Lipinski definition) is 1. The molecule has 0 radical (unpaired) electrons. The fourth-order valence-corrected chi connectivity index (χ4v) is 3.66. The van der Waals surface area contributed by atoms with Crippen molar-refractivity contribution >= 4 is 16.7 Å². The number of nitrogens with zero attached hydrogens (tertiary/aromatic N) is 7. The van der Waals surface area contributed by atoms with Gasteiger partial charge in [0.1, 0.15) is 5.82 Å². The largest absolute Gasteiger partial charge is 0.268 e. The Morgan fingerprint density at radius 2 is 2.04 bits per heavy atom. The van der Waals surface area contributed by atoms with Gasteiger partial charge in [-0.2, -0.15) is 14.5 Å². The standard InChI is InChI=1S/C17H18N8O/c1-10-19-17(22-21-10)24-8-7-13-12(15(24)26)9-18-16-20-14(23-25(13)16)11-5-3-2-4-6-11/h7-9,11H,2-6H2,1H3,(H,19,21,22). The number of hydrogen-bond acceptors (Lipinski definition) is 6. The van der Waals surface area contributed by atoms with Crippen LogP contribution in [0.2, 0.25) is 0 Å². The summed E-state index contributed by atoms with van der Waals surface area (Å²) in [5, 5.41) is 11.9. The zero-order valence-corrected chi connectivity index (χ0v) is 14.4. The van der Waals surface area contributed by atoms with Gasteiger partial charge in [0.15, 0.2) is 5.82 Å². The second kappa shape index (κ2) is 5.72. The maximum absolute atomic E-state index is 12.9. The van der Waals surface area contributed by atoms with E-state index in [4.69, 9.17) is 0 Å². The first-order valence-electron chi connectivity index (χ1n) is 8.87. The number of aryl methyl sites for hydroxylation is 1. The van der Waals surface area contributed by atoms with Gasteiger partial charge >= 0.3 is 0 Å². The van der Waals surface area contributed by atoms with Crippen LogP contribution in [0.4, 0.5) is 0 Å². The van der Waals surface area contributed by atoms with E-state index in [-0.39, 0.29) is 5.56 Å². The highest BCUT2D eigenvalue weighted by Crippen LogP contribution is 2.31. The maximum atomic E-state index is 12.9. The Hall–Kier alpha value is -3.10. The van der Waals surface area contributed by atoms with E-state index < -0.39 is 0 Å². The number of aromatic amines is 1. The number of nitrogens with one attached hydrogen (secondary N) is 1. The Morgan fingerprint density at radius 1 is 1.19 bits per heavy atom. The third-order valence-corrected chi connectivity index (χ3v) is 5.02. The minimum Gasteiger partial charge on any atom is -0.268 e. The van der Waals surface area contributed by atoms with Crippen LogP contribution in [0.5, 0.6) is 0 Å². The number of fused-ring (bicyclic) bond motifs is 3. The number of rotatable bonds is 2. The summed E-state index contributed by atoms with van der Waals surface area (Å²) in [6, 6.07) is 1.83. The van der Waals surface area contributed by atoms with Gasteiger partial charge in [-0.15, -0.1) is 10.2 Å². The SMILES string of the molecule is Cc1nc(-n2ccc3c(cnc4nc(C5CCCCC5)nn43)c2=O)n[nH]1. The molecule has 1 aliphatic carbocycles. The minimum absolute atomic E-state index is 0.231. The summed E-state index contributed by atoms with van der Waals surface area (Å²) >= 11 is 0. The summed E-state index contributed by atoms with van der Waals surface area (Å²) in [6.07, 6.45) is 9.17. The lowest BCUT2D eigenvalue weighted by Crippen LogP contribution is -2.20. The Kier molecular flexibility index (Phi) is 3.34. The molecule has 4 heterocycles. The second-order valence-corrected chi connectivity index (χ2v) is 6.79. The molecule has 1 aliphatic rings. The van der Waals surface area contributed by atoms with Crippen LogP contribution in [0.25, 0.3) is 22.6 Å². The van der Waals surface area contributed by atoms with Gasteiger partial charge in [-0.25, -0.2) is 9.55 Å². The highest BCUT2D eigenvalue weighted by Gasteiger charge is 2.21. The van der Waals surface area contributed by atoms with E-state index in [1.807, 2.05) is 6.07 Å². The molecule has 0 aromatic carbocycles. The predicted octanol–water partition coefficient (Wildman–Crippen LogP) is 1.90. The van der Waals surface area contributed by atoms with E-state index >= 15 is 0 Å². The summed E-state index contributed by atoms with van der Waals surface area (Å²) in [5.74, 6) is 2.71. The summed E-state index contributed by atoms with van der Waals surface area (Å²) in [5.41, 5.74) is 0.462. The van der Waals surface area contributed by atoms with Crippen molar-refractivity contribution in [3.8, 4) is 5.95 Å². The molecule has 0 bridgehead atoms. The molecule has 0 spiro atoms. The van der Waals surface area contributed by atoms with E-state index in [2.05, 4.69) is 30.2 Å². The van der Waals surface area contributed by atoms with Gasteiger partial charge in [-0.05, 0) is 25.8 Å². The van der Waals surface area contributed by atoms with Crippen molar-refractivity contribution in [3.63, 3.8) is 0 Å². The van der Waals surface area contributed by atoms with Crippen molar-refractivity contribution in [2.45, 2.75) is 44.9 Å². The third-order valence-electron chi connectivity index (χ3n) is 5.02. The molecule has 0 unspecified atom stereocenters. The molecule has 4 aromatic heterocycles. The molecule has 26 heavy (non-hydrogen) atoms. The first-order valence-corrected chi connectivity index (χ1v) is 8.87. The van der Waals surface area contributed by atoms with Gasteiger partial charge in [0.05, 0.1) is 10.9 Å². The molecule has 4 aromatic rings. The van der Waals surface area contributed by atoms with Crippen LogP contribution in [-0.2, 0) is 0 Å². The Bertz CT molecular complexity index is 1160. The van der Waals surface area contributed by atoms with E-state index in [0.29, 0.717) is 34.4 Å². The van der Waals surface area contributed by atoms with Crippen molar-refractivity contribution in [1.82, 2.24) is 39.3 Å². The van der Waals surface area contributed by atoms with Crippen LogP contribution >= 0.6 is 0 Å². The fraction of sp³-hybridized carbons (Fsp3) is 0.412. The molecule has 5 rings (SSSR count). The Balaban J connectivity index is 1.67. The molecule has 132 valence electrons. The van der Waals surface area contributed by atoms with E-state index in [1.165, 1.54) is 23.8 Å². The third kappa shape index (κ3) is 2.31. The van der Waals surface area contributed by atoms with Crippen LogP contribution in [0.15, 0.2) is 23.3 Å². The summed E-state index contributed by atoms with van der Waals surface area (Å²) in [7, 11) is 0. The number of pyridine rings is 1. The first kappa shape index (κ1) is 15.2. The second-order valence-electron chi connectivity index (χ2n) is 6.79.